The van der Waals surface area contributed by atoms with E-state index in [1.54, 1.807) is 7.11 Å². The monoisotopic (exact) mass is 261 g/mol. The molecule has 0 atom stereocenters. The minimum Gasteiger partial charge on any atom is -0.383 e. The zero-order chi connectivity index (χ0) is 13.3. The molecule has 1 heterocycles. The van der Waals surface area contributed by atoms with Gasteiger partial charge in [0.05, 0.1) is 11.5 Å². The van der Waals surface area contributed by atoms with Crippen LogP contribution in [0.4, 0.5) is 11.5 Å². The van der Waals surface area contributed by atoms with Crippen LogP contribution in [0.5, 0.6) is 0 Å². The lowest BCUT2D eigenvalue weighted by atomic mass is 10.4. The van der Waals surface area contributed by atoms with Crippen molar-refractivity contribution in [2.75, 3.05) is 25.6 Å². The molecule has 96 valence electrons. The first-order chi connectivity index (χ1) is 8.15. The Kier molecular flexibility index (Phi) is 8.00. The van der Waals surface area contributed by atoms with E-state index in [2.05, 4.69) is 10.3 Å². The van der Waals surface area contributed by atoms with Crippen molar-refractivity contribution in [2.45, 2.75) is 13.8 Å². The molecule has 0 aliphatic rings. The molecule has 6 nitrogen and oxygen atoms in total. The fourth-order valence-corrected chi connectivity index (χ4v) is 1.12. The molecule has 1 aromatic heterocycles. The minimum atomic E-state index is -0.515. The van der Waals surface area contributed by atoms with E-state index in [-0.39, 0.29) is 16.7 Å². The van der Waals surface area contributed by atoms with Crippen molar-refractivity contribution in [3.8, 4) is 0 Å². The molecule has 1 rings (SSSR count). The second kappa shape index (κ2) is 8.72. The number of hydrogen-bond donors (Lipinski definition) is 1. The Morgan fingerprint density at radius 3 is 2.71 bits per heavy atom. The van der Waals surface area contributed by atoms with Crippen LogP contribution in [0.3, 0.4) is 0 Å². The smallest absolute Gasteiger partial charge is 0.311 e. The first-order valence-corrected chi connectivity index (χ1v) is 5.56. The number of nitro groups is 1. The van der Waals surface area contributed by atoms with E-state index >= 15 is 0 Å². The van der Waals surface area contributed by atoms with Crippen molar-refractivity contribution >= 4 is 23.1 Å². The van der Waals surface area contributed by atoms with Gasteiger partial charge in [0.25, 0.3) is 0 Å². The number of methoxy groups -OCH3 is 1. The second-order valence-electron chi connectivity index (χ2n) is 2.68. The van der Waals surface area contributed by atoms with Crippen LogP contribution in [0.25, 0.3) is 0 Å². The summed E-state index contributed by atoms with van der Waals surface area (Å²) in [5.41, 5.74) is -0.101. The van der Waals surface area contributed by atoms with Gasteiger partial charge >= 0.3 is 5.69 Å². The largest absolute Gasteiger partial charge is 0.383 e. The van der Waals surface area contributed by atoms with Crippen LogP contribution in [0, 0.1) is 10.1 Å². The van der Waals surface area contributed by atoms with Gasteiger partial charge in [-0.25, -0.2) is 4.98 Å². The number of nitrogens with one attached hydrogen (secondary N) is 1. The van der Waals surface area contributed by atoms with Crippen molar-refractivity contribution < 1.29 is 9.66 Å². The number of anilines is 1. The lowest BCUT2D eigenvalue weighted by molar-refractivity contribution is -0.384. The molecule has 0 spiro atoms. The zero-order valence-electron chi connectivity index (χ0n) is 10.1. The average molecular weight is 262 g/mol. The zero-order valence-corrected chi connectivity index (χ0v) is 10.8. The Morgan fingerprint density at radius 2 is 2.18 bits per heavy atom. The fraction of sp³-hybridized carbons (Fsp3) is 0.500. The fourth-order valence-electron chi connectivity index (χ4n) is 0.977. The summed E-state index contributed by atoms with van der Waals surface area (Å²) in [5, 5.41) is 13.6. The van der Waals surface area contributed by atoms with Gasteiger partial charge in [-0.2, -0.15) is 0 Å². The molecular formula is C10H16ClN3O3. The van der Waals surface area contributed by atoms with Crippen molar-refractivity contribution in [3.05, 3.63) is 27.4 Å². The molecule has 0 aromatic carbocycles. The quantitative estimate of drug-likeness (QED) is 0.382. The summed E-state index contributed by atoms with van der Waals surface area (Å²) in [4.78, 5) is 13.9. The van der Waals surface area contributed by atoms with Gasteiger partial charge in [0, 0.05) is 19.7 Å². The van der Waals surface area contributed by atoms with Gasteiger partial charge in [-0.1, -0.05) is 25.4 Å². The van der Waals surface area contributed by atoms with E-state index in [1.165, 1.54) is 12.1 Å². The van der Waals surface area contributed by atoms with Crippen LogP contribution in [0.2, 0.25) is 5.15 Å². The predicted molar refractivity (Wildman–Crippen MR) is 67.6 cm³/mol. The van der Waals surface area contributed by atoms with Gasteiger partial charge in [-0.15, -0.1) is 0 Å². The van der Waals surface area contributed by atoms with Crippen LogP contribution < -0.4 is 5.32 Å². The molecule has 17 heavy (non-hydrogen) atoms. The Morgan fingerprint density at radius 1 is 1.53 bits per heavy atom. The lowest BCUT2D eigenvalue weighted by Crippen LogP contribution is -2.10. The van der Waals surface area contributed by atoms with Crippen LogP contribution in [0.15, 0.2) is 12.1 Å². The number of rotatable bonds is 5. The van der Waals surface area contributed by atoms with E-state index in [9.17, 15) is 10.1 Å². The molecule has 1 aromatic rings. The SMILES string of the molecule is CC.COCCNc1nc(Cl)ccc1[N+](=O)[O-]. The number of pyridine rings is 1. The van der Waals surface area contributed by atoms with E-state index < -0.39 is 4.92 Å². The lowest BCUT2D eigenvalue weighted by Gasteiger charge is -2.05. The first-order valence-electron chi connectivity index (χ1n) is 5.19. The van der Waals surface area contributed by atoms with Gasteiger partial charge in [-0.3, -0.25) is 10.1 Å². The highest BCUT2D eigenvalue weighted by atomic mass is 35.5. The third-order valence-corrected chi connectivity index (χ3v) is 1.85. The normalized spacial score (nSPS) is 9.18. The Bertz CT molecular complexity index is 361. The maximum atomic E-state index is 10.6. The van der Waals surface area contributed by atoms with E-state index in [1.807, 2.05) is 13.8 Å². The van der Waals surface area contributed by atoms with Gasteiger partial charge in [0.1, 0.15) is 5.15 Å². The summed E-state index contributed by atoms with van der Waals surface area (Å²) < 4.78 is 4.80. The number of ether oxygens (including phenoxy) is 1. The Labute approximate surface area is 105 Å². The van der Waals surface area contributed by atoms with Crippen molar-refractivity contribution in [1.82, 2.24) is 4.98 Å². The number of halogens is 1. The van der Waals surface area contributed by atoms with E-state index in [0.29, 0.717) is 13.2 Å². The molecule has 0 aliphatic carbocycles. The molecular weight excluding hydrogens is 246 g/mol. The van der Waals surface area contributed by atoms with Crippen molar-refractivity contribution in [2.24, 2.45) is 0 Å². The summed E-state index contributed by atoms with van der Waals surface area (Å²) >= 11 is 5.63. The number of nitrogens with zero attached hydrogens (tertiary/aromatic N) is 2. The molecule has 0 saturated carbocycles. The summed E-state index contributed by atoms with van der Waals surface area (Å²) in [6.45, 7) is 4.87. The molecule has 0 aliphatic heterocycles. The summed E-state index contributed by atoms with van der Waals surface area (Å²) in [7, 11) is 1.54. The predicted octanol–water partition coefficient (Wildman–Crippen LogP) is 2.73. The highest BCUT2D eigenvalue weighted by Crippen LogP contribution is 2.23. The minimum absolute atomic E-state index is 0.101. The number of hydrogen-bond acceptors (Lipinski definition) is 5. The standard InChI is InChI=1S/C8H10ClN3O3.C2H6/c1-15-5-4-10-8-6(12(13)14)2-3-7(9)11-8;1-2/h2-3H,4-5H2,1H3,(H,10,11);1-2H3. The molecule has 0 fully saturated rings. The number of aromatic nitrogens is 1. The van der Waals surface area contributed by atoms with Crippen LogP contribution in [-0.4, -0.2) is 30.2 Å². The van der Waals surface area contributed by atoms with Gasteiger partial charge < -0.3 is 10.1 Å². The molecule has 0 unspecified atom stereocenters. The van der Waals surface area contributed by atoms with Crippen LogP contribution in [-0.2, 0) is 4.74 Å². The third-order valence-electron chi connectivity index (χ3n) is 1.64. The maximum absolute atomic E-state index is 10.6. The maximum Gasteiger partial charge on any atom is 0.311 e. The summed E-state index contributed by atoms with van der Waals surface area (Å²) in [6, 6.07) is 2.69. The van der Waals surface area contributed by atoms with Gasteiger partial charge in [0.15, 0.2) is 0 Å². The Balaban J connectivity index is 0.00000121. The molecule has 0 radical (unpaired) electrons. The average Bonchev–Trinajstić information content (AvgIpc) is 2.32. The summed E-state index contributed by atoms with van der Waals surface area (Å²) in [5.74, 6) is 0.157. The van der Waals surface area contributed by atoms with Crippen LogP contribution in [0.1, 0.15) is 13.8 Å². The van der Waals surface area contributed by atoms with Gasteiger partial charge in [-0.05, 0) is 6.07 Å². The van der Waals surface area contributed by atoms with E-state index in [4.69, 9.17) is 16.3 Å². The van der Waals surface area contributed by atoms with E-state index in [0.717, 1.165) is 0 Å². The Hall–Kier alpha value is -1.40. The second-order valence-corrected chi connectivity index (χ2v) is 3.07. The highest BCUT2D eigenvalue weighted by molar-refractivity contribution is 6.29. The van der Waals surface area contributed by atoms with Gasteiger partial charge in [0.2, 0.25) is 5.82 Å². The topological polar surface area (TPSA) is 77.3 Å². The molecule has 7 heteroatoms. The van der Waals surface area contributed by atoms with Crippen molar-refractivity contribution in [3.63, 3.8) is 0 Å². The highest BCUT2D eigenvalue weighted by Gasteiger charge is 2.14. The van der Waals surface area contributed by atoms with Crippen LogP contribution >= 0.6 is 11.6 Å². The van der Waals surface area contributed by atoms with Crippen molar-refractivity contribution in [1.29, 1.82) is 0 Å². The molecule has 0 amide bonds. The third kappa shape index (κ3) is 5.46. The summed E-state index contributed by atoms with van der Waals surface area (Å²) in [6.07, 6.45) is 0. The first kappa shape index (κ1) is 15.6. The molecule has 1 N–H and O–H groups in total. The molecule has 0 saturated heterocycles. The molecule has 0 bridgehead atoms.